The van der Waals surface area contributed by atoms with Crippen molar-refractivity contribution < 1.29 is 23.2 Å². The van der Waals surface area contributed by atoms with Gasteiger partial charge in [-0.2, -0.15) is 5.26 Å². The van der Waals surface area contributed by atoms with Gasteiger partial charge in [0.05, 0.1) is 12.0 Å². The fourth-order valence-corrected chi connectivity index (χ4v) is 6.41. The molecule has 11 heteroatoms. The summed E-state index contributed by atoms with van der Waals surface area (Å²) >= 11 is 6.13. The number of rotatable bonds is 9. The lowest BCUT2D eigenvalue weighted by molar-refractivity contribution is -0.194. The number of piperidine rings is 3. The van der Waals surface area contributed by atoms with Crippen LogP contribution in [0.5, 0.6) is 0 Å². The van der Waals surface area contributed by atoms with E-state index >= 15 is 8.78 Å². The molecule has 4 fully saturated rings. The summed E-state index contributed by atoms with van der Waals surface area (Å²) in [5.74, 6) is -6.18. The molecule has 3 N–H and O–H groups in total. The fraction of sp³-hybridized carbons (Fsp3) is 0.643. The highest BCUT2D eigenvalue weighted by atomic mass is 35.5. The highest BCUT2D eigenvalue weighted by molar-refractivity contribution is 6.30. The molecule has 2 bridgehead atoms. The van der Waals surface area contributed by atoms with E-state index in [1.807, 2.05) is 19.9 Å². The fourth-order valence-electron chi connectivity index (χ4n) is 6.22. The van der Waals surface area contributed by atoms with E-state index in [1.54, 1.807) is 24.3 Å². The quantitative estimate of drug-likeness (QED) is 0.418. The van der Waals surface area contributed by atoms with Gasteiger partial charge in [-0.15, -0.1) is 0 Å². The maximum absolute atomic E-state index is 15.1. The Morgan fingerprint density at radius 1 is 1.28 bits per heavy atom. The Labute approximate surface area is 232 Å². The first-order valence-electron chi connectivity index (χ1n) is 13.7. The van der Waals surface area contributed by atoms with Crippen molar-refractivity contribution in [2.45, 2.75) is 88.9 Å². The summed E-state index contributed by atoms with van der Waals surface area (Å²) in [4.78, 5) is 41.2. The van der Waals surface area contributed by atoms with Crippen LogP contribution < -0.4 is 16.0 Å². The molecule has 3 amide bonds. The zero-order valence-corrected chi connectivity index (χ0v) is 23.0. The summed E-state index contributed by atoms with van der Waals surface area (Å²) in [7, 11) is 0. The third-order valence-electron chi connectivity index (χ3n) is 8.02. The summed E-state index contributed by atoms with van der Waals surface area (Å²) in [5.41, 5.74) is 0.616. The Kier molecular flexibility index (Phi) is 9.00. The third kappa shape index (κ3) is 6.63. The van der Waals surface area contributed by atoms with Gasteiger partial charge in [0.25, 0.3) is 5.92 Å². The molecule has 5 rings (SSSR count). The van der Waals surface area contributed by atoms with Crippen molar-refractivity contribution in [1.29, 1.82) is 5.26 Å². The minimum Gasteiger partial charge on any atom is -0.374 e. The van der Waals surface area contributed by atoms with Crippen LogP contribution in [0.2, 0.25) is 5.02 Å². The van der Waals surface area contributed by atoms with Crippen LogP contribution in [0.1, 0.15) is 58.8 Å². The van der Waals surface area contributed by atoms with E-state index in [0.29, 0.717) is 36.5 Å². The molecule has 6 atom stereocenters. The van der Waals surface area contributed by atoms with Gasteiger partial charge >= 0.3 is 0 Å². The summed E-state index contributed by atoms with van der Waals surface area (Å²) in [5, 5.41) is 18.8. The number of hydrogen-bond donors (Lipinski definition) is 3. The number of alkyl halides is 2. The largest absolute Gasteiger partial charge is 0.374 e. The second-order valence-corrected chi connectivity index (χ2v) is 11.8. The predicted octanol–water partition coefficient (Wildman–Crippen LogP) is 4.11. The predicted molar refractivity (Wildman–Crippen MR) is 143 cm³/mol. The average Bonchev–Trinajstić information content (AvgIpc) is 2.87. The highest BCUT2D eigenvalue weighted by Crippen LogP contribution is 2.49. The van der Waals surface area contributed by atoms with Crippen LogP contribution in [-0.4, -0.2) is 59.3 Å². The highest BCUT2D eigenvalue weighted by Gasteiger charge is 2.61. The lowest BCUT2D eigenvalue weighted by atomic mass is 9.71. The molecule has 0 spiro atoms. The molecule has 3 aliphatic heterocycles. The van der Waals surface area contributed by atoms with Crippen LogP contribution in [-0.2, 0) is 14.4 Å². The molecule has 212 valence electrons. The van der Waals surface area contributed by atoms with Gasteiger partial charge in [-0.3, -0.25) is 14.4 Å². The van der Waals surface area contributed by atoms with Gasteiger partial charge in [0.1, 0.15) is 18.1 Å². The first-order chi connectivity index (χ1) is 18.5. The van der Waals surface area contributed by atoms with E-state index in [-0.39, 0.29) is 24.7 Å². The summed E-state index contributed by atoms with van der Waals surface area (Å²) < 4.78 is 30.3. The second-order valence-electron chi connectivity index (χ2n) is 11.4. The van der Waals surface area contributed by atoms with Gasteiger partial charge < -0.3 is 20.9 Å². The number of benzene rings is 1. The summed E-state index contributed by atoms with van der Waals surface area (Å²) in [6, 6.07) is 4.91. The molecular formula is C28H36ClF2N5O3. The van der Waals surface area contributed by atoms with E-state index in [4.69, 9.17) is 11.6 Å². The summed E-state index contributed by atoms with van der Waals surface area (Å²) in [6.45, 7) is 4.48. The molecule has 1 saturated carbocycles. The zero-order valence-electron chi connectivity index (χ0n) is 22.3. The topological polar surface area (TPSA) is 114 Å². The van der Waals surface area contributed by atoms with Crippen LogP contribution in [0.3, 0.4) is 0 Å². The molecule has 3 heterocycles. The minimum absolute atomic E-state index is 0.0888. The van der Waals surface area contributed by atoms with Gasteiger partial charge in [0.2, 0.25) is 17.7 Å². The Balaban J connectivity index is 1.58. The third-order valence-corrected chi connectivity index (χ3v) is 8.26. The molecule has 39 heavy (non-hydrogen) atoms. The molecular weight excluding hydrogens is 528 g/mol. The van der Waals surface area contributed by atoms with Crippen LogP contribution >= 0.6 is 11.6 Å². The first-order valence-corrected chi connectivity index (χ1v) is 14.1. The lowest BCUT2D eigenvalue weighted by Gasteiger charge is -2.54. The number of fused-ring (bicyclic) bond motifs is 3. The Morgan fingerprint density at radius 3 is 2.69 bits per heavy atom. The monoisotopic (exact) mass is 563 g/mol. The number of anilines is 1. The Hall–Kier alpha value is -2.93. The zero-order chi connectivity index (χ0) is 28.3. The normalized spacial score (nSPS) is 27.3. The number of carbonyl (C=O) groups excluding carboxylic acids is 3. The molecule has 1 aliphatic carbocycles. The smallest absolute Gasteiger partial charge is 0.255 e. The van der Waals surface area contributed by atoms with Gasteiger partial charge in [-0.25, -0.2) is 8.78 Å². The number of nitrogens with zero attached hydrogens (tertiary/aromatic N) is 2. The minimum atomic E-state index is -3.11. The van der Waals surface area contributed by atoms with Crippen molar-refractivity contribution in [2.24, 2.45) is 17.8 Å². The molecule has 1 aromatic rings. The first kappa shape index (κ1) is 29.1. The van der Waals surface area contributed by atoms with Crippen molar-refractivity contribution in [3.05, 3.63) is 29.3 Å². The van der Waals surface area contributed by atoms with E-state index < -0.39 is 60.2 Å². The Bertz CT molecular complexity index is 1130. The Morgan fingerprint density at radius 2 is 2.05 bits per heavy atom. The van der Waals surface area contributed by atoms with Crippen molar-refractivity contribution in [1.82, 2.24) is 15.5 Å². The average molecular weight is 564 g/mol. The molecule has 0 aromatic heterocycles. The van der Waals surface area contributed by atoms with Crippen molar-refractivity contribution in [3.63, 3.8) is 0 Å². The van der Waals surface area contributed by atoms with E-state index in [9.17, 15) is 19.6 Å². The number of nitrogens with one attached hydrogen (secondary N) is 3. The standard InChI is InChI=1S/C28H36ClF2N5O3/c1-16(2)11-23(34-19-7-3-6-18(29)13-19)27(39)36-21-8-9-22(28(30,31)14-21)24(36)26(38)35-20(15-32)12-17-5-4-10-33-25(17)37/h3,6-7,13,16-17,20-24,34H,4-5,8-12,14H2,1-2H3,(H,33,37)(H,35,38)/t17-,20-,21-,22-,23-,24+/m1/s1. The van der Waals surface area contributed by atoms with Gasteiger partial charge in [0, 0.05) is 35.6 Å². The number of nitriles is 1. The molecule has 4 aliphatic rings. The van der Waals surface area contributed by atoms with E-state index in [1.165, 1.54) is 4.90 Å². The van der Waals surface area contributed by atoms with Crippen molar-refractivity contribution >= 4 is 35.0 Å². The van der Waals surface area contributed by atoms with Gasteiger partial charge in [0.15, 0.2) is 0 Å². The van der Waals surface area contributed by atoms with E-state index in [0.717, 1.165) is 6.42 Å². The molecule has 8 nitrogen and oxygen atoms in total. The number of halogens is 3. The number of carbonyl (C=O) groups is 3. The molecule has 0 radical (unpaired) electrons. The van der Waals surface area contributed by atoms with Crippen LogP contribution in [0.15, 0.2) is 24.3 Å². The van der Waals surface area contributed by atoms with Crippen molar-refractivity contribution in [2.75, 3.05) is 11.9 Å². The van der Waals surface area contributed by atoms with Gasteiger partial charge in [-0.1, -0.05) is 31.5 Å². The van der Waals surface area contributed by atoms with Crippen LogP contribution in [0.25, 0.3) is 0 Å². The maximum Gasteiger partial charge on any atom is 0.255 e. The lowest BCUT2D eigenvalue weighted by Crippen LogP contribution is -2.70. The summed E-state index contributed by atoms with van der Waals surface area (Å²) in [6.07, 6.45) is 1.85. The maximum atomic E-state index is 15.1. The number of amides is 3. The van der Waals surface area contributed by atoms with E-state index in [2.05, 4.69) is 16.0 Å². The SMILES string of the molecule is CC(C)C[C@@H](Nc1cccc(Cl)c1)C(=O)N1[C@@H]2CC[C@H]([C@H]1C(=O)N[C@@H](C#N)C[C@H]1CCCNC1=O)C(F)(F)C2. The van der Waals surface area contributed by atoms with Crippen LogP contribution in [0, 0.1) is 29.1 Å². The number of hydrogen-bond acceptors (Lipinski definition) is 5. The second kappa shape index (κ2) is 12.1. The van der Waals surface area contributed by atoms with Crippen molar-refractivity contribution in [3.8, 4) is 6.07 Å². The molecule has 1 aromatic carbocycles. The van der Waals surface area contributed by atoms with Gasteiger partial charge in [-0.05, 0) is 62.6 Å². The molecule has 0 unspecified atom stereocenters. The van der Waals surface area contributed by atoms with Crippen LogP contribution in [0.4, 0.5) is 14.5 Å². The molecule has 3 saturated heterocycles.